The number of amides is 1. The minimum atomic E-state index is -4.06. The number of sulfonamides is 1. The molecule has 1 saturated heterocycles. The number of benzene rings is 4. The van der Waals surface area contributed by atoms with E-state index in [0.29, 0.717) is 64.8 Å². The second-order valence-corrected chi connectivity index (χ2v) is 20.8. The number of rotatable bonds is 18. The fourth-order valence-electron chi connectivity index (χ4n) is 11.3. The number of para-hydroxylation sites is 1. The van der Waals surface area contributed by atoms with Crippen molar-refractivity contribution in [1.29, 1.82) is 0 Å². The molecule has 72 heavy (non-hydrogen) atoms. The van der Waals surface area contributed by atoms with E-state index in [0.717, 1.165) is 53.5 Å². The molecule has 0 saturated carbocycles. The number of carbonyl (C=O) groups is 1. The van der Waals surface area contributed by atoms with Gasteiger partial charge in [0.2, 0.25) is 16.3 Å². The Hall–Kier alpha value is -6.11. The van der Waals surface area contributed by atoms with Crippen LogP contribution < -0.4 is 29.1 Å². The van der Waals surface area contributed by atoms with Gasteiger partial charge in [-0.15, -0.1) is 0 Å². The van der Waals surface area contributed by atoms with Crippen molar-refractivity contribution in [3.8, 4) is 28.7 Å². The van der Waals surface area contributed by atoms with Crippen molar-refractivity contribution >= 4 is 26.9 Å². The average Bonchev–Trinajstić information content (AvgIpc) is 3.41. The van der Waals surface area contributed by atoms with Crippen LogP contribution in [0.25, 0.3) is 11.0 Å². The van der Waals surface area contributed by atoms with Crippen molar-refractivity contribution in [3.05, 3.63) is 129 Å². The van der Waals surface area contributed by atoms with Gasteiger partial charge >= 0.3 is 0 Å². The van der Waals surface area contributed by atoms with Gasteiger partial charge in [-0.3, -0.25) is 14.5 Å². The maximum Gasteiger partial charge on any atom is 0.289 e. The largest absolute Gasteiger partial charge is 0.497 e. The minimum Gasteiger partial charge on any atom is -0.497 e. The Balaban J connectivity index is 1.05. The molecule has 1 N–H and O–H groups in total. The molecule has 9 rings (SSSR count). The van der Waals surface area contributed by atoms with Crippen LogP contribution in [-0.2, 0) is 37.1 Å². The summed E-state index contributed by atoms with van der Waals surface area (Å²) in [6.07, 6.45) is 6.15. The topological polar surface area (TPSA) is 176 Å². The number of fused-ring (bicyclic) bond motifs is 5. The molecular weight excluding hydrogens is 943 g/mol. The van der Waals surface area contributed by atoms with E-state index >= 15 is 4.79 Å². The molecule has 5 aromatic rings. The van der Waals surface area contributed by atoms with Crippen LogP contribution in [0.3, 0.4) is 0 Å². The molecule has 0 radical (unpaired) electrons. The number of methoxy groups -OCH3 is 5. The molecule has 16 nitrogen and oxygen atoms in total. The SMILES string of the molecule is CC[C@H]1CN2CCc3cc(OC)c(OC)cc3[C@@H]2C[C@@H]1C[C@@H]1c2cc(OC)c(OC)cc2CCN1C(=O)C1=C[C@H](c2coc3ccccc3c2=O)C[C@H](OCCN(CCO)S(=O)(=O)c2ccc(OC)cc2)O1. The number of piperidine rings is 1. The number of hydrogen-bond acceptors (Lipinski definition) is 14. The van der Waals surface area contributed by atoms with E-state index in [4.69, 9.17) is 37.6 Å². The number of aliphatic hydroxyl groups is 1. The van der Waals surface area contributed by atoms with Crippen molar-refractivity contribution in [2.45, 2.75) is 74.6 Å². The molecule has 1 amide bonds. The van der Waals surface area contributed by atoms with Gasteiger partial charge < -0.3 is 47.6 Å². The van der Waals surface area contributed by atoms with E-state index in [1.54, 1.807) is 70.9 Å². The van der Waals surface area contributed by atoms with Crippen LogP contribution in [-0.4, -0.2) is 121 Å². The highest BCUT2D eigenvalue weighted by molar-refractivity contribution is 7.89. The summed E-state index contributed by atoms with van der Waals surface area (Å²) >= 11 is 0. The number of allylic oxidation sites excluding steroid dienone is 1. The van der Waals surface area contributed by atoms with Gasteiger partial charge in [0, 0.05) is 56.7 Å². The summed E-state index contributed by atoms with van der Waals surface area (Å²) in [6, 6.07) is 21.0. The summed E-state index contributed by atoms with van der Waals surface area (Å²) in [6.45, 7) is 3.58. The quantitative estimate of drug-likeness (QED) is 0.0919. The molecule has 1 fully saturated rings. The Morgan fingerprint density at radius 1 is 0.792 bits per heavy atom. The third-order valence-electron chi connectivity index (χ3n) is 15.2. The molecule has 4 aliphatic rings. The molecule has 6 atom stereocenters. The lowest BCUT2D eigenvalue weighted by atomic mass is 9.72. The summed E-state index contributed by atoms with van der Waals surface area (Å²) in [5, 5.41) is 10.4. The number of nitrogens with zero attached hydrogens (tertiary/aromatic N) is 3. The zero-order chi connectivity index (χ0) is 50.7. The third-order valence-corrected chi connectivity index (χ3v) is 17.1. The zero-order valence-corrected chi connectivity index (χ0v) is 42.7. The van der Waals surface area contributed by atoms with Crippen LogP contribution in [0.5, 0.6) is 28.7 Å². The van der Waals surface area contributed by atoms with Gasteiger partial charge in [0.15, 0.2) is 34.2 Å². The van der Waals surface area contributed by atoms with E-state index in [1.807, 2.05) is 17.0 Å². The lowest BCUT2D eigenvalue weighted by molar-refractivity contribution is -0.155. The molecule has 4 aliphatic heterocycles. The summed E-state index contributed by atoms with van der Waals surface area (Å²) in [7, 11) is 4.00. The molecule has 17 heteroatoms. The number of aliphatic hydroxyl groups excluding tert-OH is 1. The van der Waals surface area contributed by atoms with Gasteiger partial charge in [0.05, 0.1) is 71.3 Å². The molecule has 384 valence electrons. The lowest BCUT2D eigenvalue weighted by Crippen LogP contribution is -2.48. The highest BCUT2D eigenvalue weighted by atomic mass is 32.2. The van der Waals surface area contributed by atoms with E-state index in [1.165, 1.54) is 36.6 Å². The molecule has 0 aliphatic carbocycles. The minimum absolute atomic E-state index is 0.0138. The van der Waals surface area contributed by atoms with E-state index in [2.05, 4.69) is 24.0 Å². The summed E-state index contributed by atoms with van der Waals surface area (Å²) in [4.78, 5) is 34.3. The van der Waals surface area contributed by atoms with Crippen LogP contribution in [0.1, 0.15) is 78.4 Å². The first-order chi connectivity index (χ1) is 34.9. The average molecular weight is 1010 g/mol. The first-order valence-electron chi connectivity index (χ1n) is 24.7. The van der Waals surface area contributed by atoms with Crippen molar-refractivity contribution in [1.82, 2.24) is 14.1 Å². The second kappa shape index (κ2) is 21.9. The van der Waals surface area contributed by atoms with Crippen molar-refractivity contribution in [2.75, 3.05) is 81.5 Å². The first-order valence-corrected chi connectivity index (χ1v) is 26.2. The maximum atomic E-state index is 15.5. The van der Waals surface area contributed by atoms with Crippen LogP contribution in [0.4, 0.5) is 0 Å². The number of carbonyl (C=O) groups excluding carboxylic acids is 1. The predicted octanol–water partition coefficient (Wildman–Crippen LogP) is 7.41. The highest BCUT2D eigenvalue weighted by Crippen LogP contribution is 2.50. The second-order valence-electron chi connectivity index (χ2n) is 18.8. The summed E-state index contributed by atoms with van der Waals surface area (Å²) in [5.74, 6) is 2.64. The summed E-state index contributed by atoms with van der Waals surface area (Å²) in [5.41, 5.74) is 5.06. The van der Waals surface area contributed by atoms with Crippen LogP contribution >= 0.6 is 0 Å². The van der Waals surface area contributed by atoms with Gasteiger partial charge in [-0.1, -0.05) is 25.5 Å². The van der Waals surface area contributed by atoms with Crippen LogP contribution in [0, 0.1) is 11.8 Å². The molecule has 4 aromatic carbocycles. The highest BCUT2D eigenvalue weighted by Gasteiger charge is 2.44. The lowest BCUT2D eigenvalue weighted by Gasteiger charge is -2.49. The molecule has 0 unspecified atom stereocenters. The van der Waals surface area contributed by atoms with Crippen molar-refractivity contribution < 1.29 is 55.9 Å². The monoisotopic (exact) mass is 1010 g/mol. The number of ether oxygens (including phenoxy) is 7. The molecule has 0 spiro atoms. The smallest absolute Gasteiger partial charge is 0.289 e. The third kappa shape index (κ3) is 10.0. The predicted molar refractivity (Wildman–Crippen MR) is 269 cm³/mol. The molecule has 0 bridgehead atoms. The molecule has 1 aromatic heterocycles. The van der Waals surface area contributed by atoms with Crippen LogP contribution in [0.2, 0.25) is 0 Å². The van der Waals surface area contributed by atoms with Crippen LogP contribution in [0.15, 0.2) is 105 Å². The van der Waals surface area contributed by atoms with Gasteiger partial charge in [0.1, 0.15) is 11.3 Å². The standard InChI is InChI=1S/C55H65N3O13S/c1-7-34-32-56-18-16-35-26-48(65-3)50(67-5)30-42(35)45(56)24-37(34)25-46-43-31-51(68-6)49(66-4)27-36(43)17-19-58(46)55(61)52-28-38(44-33-70-47-11-9-8-10-41(47)54(44)60)29-53(71-52)69-23-21-57(20-22-59)72(62,63)40-14-12-39(64-2)13-15-40/h8-15,26-28,30-31,33-34,37-38,45-46,53,59H,7,16-25,29,32H2,1-6H3/t34-,37+,38-,45-,46+,53+/m0/s1. The van der Waals surface area contributed by atoms with Gasteiger partial charge in [-0.05, 0) is 127 Å². The summed E-state index contributed by atoms with van der Waals surface area (Å²) < 4.78 is 76.0. The van der Waals surface area contributed by atoms with Crippen molar-refractivity contribution in [2.24, 2.45) is 11.8 Å². The first kappa shape index (κ1) is 50.8. The van der Waals surface area contributed by atoms with E-state index in [9.17, 15) is 18.3 Å². The maximum absolute atomic E-state index is 15.5. The molecular formula is C55H65N3O13S. The van der Waals surface area contributed by atoms with Gasteiger partial charge in [0.25, 0.3) is 5.91 Å². The molecule has 5 heterocycles. The normalized spacial score (nSPS) is 22.0. The van der Waals surface area contributed by atoms with Crippen molar-refractivity contribution in [3.63, 3.8) is 0 Å². The Morgan fingerprint density at radius 2 is 1.46 bits per heavy atom. The Kier molecular flexibility index (Phi) is 15.5. The van der Waals surface area contributed by atoms with Gasteiger partial charge in [-0.25, -0.2) is 8.42 Å². The van der Waals surface area contributed by atoms with E-state index in [-0.39, 0.29) is 60.1 Å². The number of hydrogen-bond donors (Lipinski definition) is 1. The Morgan fingerprint density at radius 3 is 2.14 bits per heavy atom. The Bertz CT molecular complexity index is 2960. The fourth-order valence-corrected chi connectivity index (χ4v) is 12.7. The Labute approximate surface area is 421 Å². The van der Waals surface area contributed by atoms with E-state index < -0.39 is 34.9 Å². The zero-order valence-electron chi connectivity index (χ0n) is 41.8. The van der Waals surface area contributed by atoms with Gasteiger partial charge in [-0.2, -0.15) is 4.31 Å². The fraction of sp³-hybridized carbons (Fsp3) is 0.455.